The van der Waals surface area contributed by atoms with E-state index in [9.17, 15) is 67.4 Å². The molecule has 0 bridgehead atoms. The Hall–Kier alpha value is -6.19. The highest BCUT2D eigenvalue weighted by atomic mass is 33.1. The topological polar surface area (TPSA) is 414 Å². The van der Waals surface area contributed by atoms with Gasteiger partial charge in [0.1, 0.15) is 42.3 Å². The first-order valence-electron chi connectivity index (χ1n) is 20.7. The number of carbonyl (C=O) groups is 13. The molecular weight excluding hydrogens is 913 g/mol. The molecule has 1 aliphatic heterocycles. The zero-order valence-electron chi connectivity index (χ0n) is 37.5. The zero-order valence-corrected chi connectivity index (χ0v) is 39.1. The summed E-state index contributed by atoms with van der Waals surface area (Å²) in [5, 5.41) is 33.2. The SMILES string of the molecule is CC(=O)NC1CSSCC(C(N)=O)NC(=O)CNC(=O)CNC(=O)C(C)NC(=O)C(CC(C)C)NC(=O)C(CC(=O)O)NC(=O)C(CC(C)C)NC(=O)C(CCC(N)=O)NC(=O)CNC1=O. The number of nitrogens with one attached hydrogen (secondary N) is 10. The van der Waals surface area contributed by atoms with Crippen LogP contribution < -0.4 is 64.6 Å². The summed E-state index contributed by atoms with van der Waals surface area (Å²) < 4.78 is 0. The van der Waals surface area contributed by atoms with Crippen LogP contribution >= 0.6 is 21.6 Å². The van der Waals surface area contributed by atoms with E-state index < -0.39 is 152 Å². The second-order valence-corrected chi connectivity index (χ2v) is 18.5. The average molecular weight is 975 g/mol. The minimum absolute atomic E-state index is 0.0255. The molecule has 1 rings (SSSR count). The number of hydrogen-bond donors (Lipinski definition) is 13. The molecule has 1 heterocycles. The van der Waals surface area contributed by atoms with Crippen LogP contribution in [0.2, 0.25) is 0 Å². The van der Waals surface area contributed by atoms with Crippen molar-refractivity contribution in [3.8, 4) is 0 Å². The second kappa shape index (κ2) is 29.4. The number of carboxylic acid groups (broad SMARTS) is 1. The van der Waals surface area contributed by atoms with Crippen molar-refractivity contribution >= 4 is 98.4 Å². The normalized spacial score (nSPS) is 24.8. The molecule has 0 radical (unpaired) electrons. The van der Waals surface area contributed by atoms with Crippen LogP contribution in [-0.4, -0.2) is 155 Å². The molecule has 12 amide bonds. The molecule has 26 nitrogen and oxygen atoms in total. The van der Waals surface area contributed by atoms with E-state index in [1.54, 1.807) is 27.7 Å². The summed E-state index contributed by atoms with van der Waals surface area (Å²) in [5.74, 6) is -13.1. The van der Waals surface area contributed by atoms with Gasteiger partial charge in [0.25, 0.3) is 0 Å². The molecule has 1 saturated heterocycles. The number of amides is 12. The molecule has 66 heavy (non-hydrogen) atoms. The van der Waals surface area contributed by atoms with Crippen molar-refractivity contribution in [3.05, 3.63) is 0 Å². The first-order valence-corrected chi connectivity index (χ1v) is 23.2. The Labute approximate surface area is 388 Å². The lowest BCUT2D eigenvalue weighted by molar-refractivity contribution is -0.141. The van der Waals surface area contributed by atoms with E-state index in [0.717, 1.165) is 28.5 Å². The molecule has 0 aliphatic carbocycles. The smallest absolute Gasteiger partial charge is 0.305 e. The van der Waals surface area contributed by atoms with Gasteiger partial charge in [-0.05, 0) is 38.0 Å². The van der Waals surface area contributed by atoms with Crippen LogP contribution in [0, 0.1) is 11.8 Å². The van der Waals surface area contributed by atoms with Gasteiger partial charge >= 0.3 is 5.97 Å². The van der Waals surface area contributed by atoms with Crippen molar-refractivity contribution in [2.75, 3.05) is 31.1 Å². The molecule has 7 atom stereocenters. The zero-order chi connectivity index (χ0) is 50.3. The number of carbonyl (C=O) groups excluding carboxylic acids is 12. The molecule has 0 aromatic rings. The first-order chi connectivity index (χ1) is 30.8. The molecule has 1 aliphatic rings. The monoisotopic (exact) mass is 974 g/mol. The highest BCUT2D eigenvalue weighted by Gasteiger charge is 2.34. The minimum atomic E-state index is -1.81. The lowest BCUT2D eigenvalue weighted by Gasteiger charge is -2.27. The summed E-state index contributed by atoms with van der Waals surface area (Å²) in [4.78, 5) is 166. The Morgan fingerprint density at radius 2 is 1.09 bits per heavy atom. The van der Waals surface area contributed by atoms with E-state index in [0.29, 0.717) is 0 Å². The van der Waals surface area contributed by atoms with Gasteiger partial charge in [0.2, 0.25) is 70.9 Å². The third-order valence-electron chi connectivity index (χ3n) is 8.99. The Balaban J connectivity index is 3.58. The molecule has 15 N–H and O–H groups in total. The number of primary amides is 2. The summed E-state index contributed by atoms with van der Waals surface area (Å²) >= 11 is 0. The van der Waals surface area contributed by atoms with Crippen LogP contribution in [0.4, 0.5) is 0 Å². The summed E-state index contributed by atoms with van der Waals surface area (Å²) in [5.41, 5.74) is 10.7. The van der Waals surface area contributed by atoms with Crippen LogP contribution in [0.15, 0.2) is 0 Å². The largest absolute Gasteiger partial charge is 0.481 e. The Kier molecular flexibility index (Phi) is 25.7. The molecule has 1 fully saturated rings. The highest BCUT2D eigenvalue weighted by molar-refractivity contribution is 8.76. The first kappa shape index (κ1) is 57.8. The Morgan fingerprint density at radius 1 is 0.621 bits per heavy atom. The number of rotatable bonds is 11. The van der Waals surface area contributed by atoms with Crippen molar-refractivity contribution in [2.24, 2.45) is 23.3 Å². The molecule has 7 unspecified atom stereocenters. The molecule has 0 aromatic heterocycles. The van der Waals surface area contributed by atoms with E-state index in [1.165, 1.54) is 6.92 Å². The van der Waals surface area contributed by atoms with Gasteiger partial charge in [0, 0.05) is 24.9 Å². The van der Waals surface area contributed by atoms with E-state index in [4.69, 9.17) is 11.5 Å². The maximum atomic E-state index is 13.8. The molecule has 28 heteroatoms. The van der Waals surface area contributed by atoms with Gasteiger partial charge in [0.05, 0.1) is 26.1 Å². The predicted octanol–water partition coefficient (Wildman–Crippen LogP) is -5.52. The molecule has 0 saturated carbocycles. The van der Waals surface area contributed by atoms with Crippen molar-refractivity contribution in [1.29, 1.82) is 0 Å². The van der Waals surface area contributed by atoms with Gasteiger partial charge in [-0.15, -0.1) is 0 Å². The van der Waals surface area contributed by atoms with Crippen LogP contribution in [0.5, 0.6) is 0 Å². The fourth-order valence-corrected chi connectivity index (χ4v) is 8.08. The van der Waals surface area contributed by atoms with Crippen LogP contribution in [0.3, 0.4) is 0 Å². The minimum Gasteiger partial charge on any atom is -0.481 e. The van der Waals surface area contributed by atoms with Gasteiger partial charge in [-0.25, -0.2) is 0 Å². The summed E-state index contributed by atoms with van der Waals surface area (Å²) in [7, 11) is 1.97. The molecule has 0 aromatic carbocycles. The maximum Gasteiger partial charge on any atom is 0.305 e. The highest BCUT2D eigenvalue weighted by Crippen LogP contribution is 2.23. The van der Waals surface area contributed by atoms with Gasteiger partial charge in [0.15, 0.2) is 0 Å². The fraction of sp³-hybridized carbons (Fsp3) is 0.658. The Morgan fingerprint density at radius 3 is 1.62 bits per heavy atom. The van der Waals surface area contributed by atoms with Crippen molar-refractivity contribution in [3.63, 3.8) is 0 Å². The summed E-state index contributed by atoms with van der Waals surface area (Å²) in [6.45, 7) is 7.15. The number of aliphatic carboxylic acids is 1. The number of hydrogen-bond acceptors (Lipinski definition) is 15. The van der Waals surface area contributed by atoms with Gasteiger partial charge in [-0.1, -0.05) is 49.3 Å². The van der Waals surface area contributed by atoms with Crippen LogP contribution in [0.25, 0.3) is 0 Å². The lowest BCUT2D eigenvalue weighted by Crippen LogP contribution is -2.60. The van der Waals surface area contributed by atoms with E-state index in [-0.39, 0.29) is 42.6 Å². The maximum absolute atomic E-state index is 13.8. The standard InChI is InChI=1S/C38H62N12O14S2/c1-17(2)9-22-36(62)44-19(5)33(59)42-12-28(53)41-13-29(54)47-25(32(40)58)15-65-66-16-26(45-20(6)51)34(60)43-14-30(55)46-21(7-8-27(39)52)35(61)48-23(10-18(3)4)37(63)50-24(11-31(56)57)38(64)49-22/h17-19,21-26H,7-16H2,1-6H3,(H2,39,52)(H2,40,58)(H,41,53)(H,42,59)(H,43,60)(H,44,62)(H,45,51)(H,46,55)(H,47,54)(H,48,61)(H,49,64)(H,50,63)(H,56,57). The van der Waals surface area contributed by atoms with Gasteiger partial charge in [-0.2, -0.15) is 0 Å². The van der Waals surface area contributed by atoms with E-state index in [1.807, 2.05) is 0 Å². The van der Waals surface area contributed by atoms with Crippen molar-refractivity contribution in [1.82, 2.24) is 53.2 Å². The quantitative estimate of drug-likeness (QED) is 0.0859. The van der Waals surface area contributed by atoms with Crippen molar-refractivity contribution in [2.45, 2.75) is 116 Å². The number of carboxylic acids is 1. The number of nitrogens with two attached hydrogens (primary N) is 2. The Bertz CT molecular complexity index is 1820. The molecular formula is C38H62N12O14S2. The summed E-state index contributed by atoms with van der Waals surface area (Å²) in [6, 6.07) is -9.96. The van der Waals surface area contributed by atoms with Crippen LogP contribution in [0.1, 0.15) is 73.6 Å². The molecule has 370 valence electrons. The van der Waals surface area contributed by atoms with Gasteiger partial charge in [-0.3, -0.25) is 62.3 Å². The second-order valence-electron chi connectivity index (χ2n) is 16.0. The predicted molar refractivity (Wildman–Crippen MR) is 238 cm³/mol. The lowest BCUT2D eigenvalue weighted by atomic mass is 10.0. The average Bonchev–Trinajstić information content (AvgIpc) is 3.20. The summed E-state index contributed by atoms with van der Waals surface area (Å²) in [6.07, 6.45) is -1.87. The fourth-order valence-electron chi connectivity index (χ4n) is 5.74. The third-order valence-corrected chi connectivity index (χ3v) is 11.4. The van der Waals surface area contributed by atoms with Crippen molar-refractivity contribution < 1.29 is 67.4 Å². The molecule has 0 spiro atoms. The third kappa shape index (κ3) is 23.7. The van der Waals surface area contributed by atoms with E-state index in [2.05, 4.69) is 53.2 Å². The van der Waals surface area contributed by atoms with Crippen LogP contribution in [-0.2, 0) is 62.3 Å². The van der Waals surface area contributed by atoms with Gasteiger partial charge < -0.3 is 69.7 Å². The van der Waals surface area contributed by atoms with E-state index >= 15 is 0 Å².